The first-order chi connectivity index (χ1) is 10.3. The lowest BCUT2D eigenvalue weighted by atomic mass is 9.83. The highest BCUT2D eigenvalue weighted by Gasteiger charge is 2.70. The number of rotatable bonds is 2. The number of fused-ring (bicyclic) bond motifs is 1. The van der Waals surface area contributed by atoms with Crippen LogP contribution in [0.5, 0.6) is 0 Å². The SMILES string of the molecule is CC1(C)Cc2ccccc2C(CC(O)(C(F)(F)F)C(F)(F)F)=N1.Cl. The third-order valence-corrected chi connectivity index (χ3v) is 3.75. The van der Waals surface area contributed by atoms with Crippen molar-refractivity contribution in [3.05, 3.63) is 35.4 Å². The highest BCUT2D eigenvalue weighted by atomic mass is 35.5. The lowest BCUT2D eigenvalue weighted by Crippen LogP contribution is -2.58. The van der Waals surface area contributed by atoms with E-state index < -0.39 is 35.6 Å². The second-order valence-corrected chi connectivity index (χ2v) is 6.24. The molecule has 1 aliphatic heterocycles. The van der Waals surface area contributed by atoms with Crippen molar-refractivity contribution < 1.29 is 31.4 Å². The van der Waals surface area contributed by atoms with E-state index in [0.29, 0.717) is 12.0 Å². The van der Waals surface area contributed by atoms with Crippen LogP contribution in [0.2, 0.25) is 0 Å². The molecule has 0 saturated heterocycles. The van der Waals surface area contributed by atoms with Crippen molar-refractivity contribution >= 4 is 18.1 Å². The molecule has 0 aliphatic carbocycles. The van der Waals surface area contributed by atoms with Gasteiger partial charge in [-0.25, -0.2) is 0 Å². The zero-order valence-electron chi connectivity index (χ0n) is 12.8. The van der Waals surface area contributed by atoms with Gasteiger partial charge in [0.15, 0.2) is 0 Å². The minimum atomic E-state index is -5.86. The highest BCUT2D eigenvalue weighted by molar-refractivity contribution is 6.03. The minimum absolute atomic E-state index is 0. The molecule has 1 heterocycles. The molecule has 0 saturated carbocycles. The van der Waals surface area contributed by atoms with Crippen molar-refractivity contribution in [1.29, 1.82) is 0 Å². The molecule has 0 amide bonds. The highest BCUT2D eigenvalue weighted by Crippen LogP contribution is 2.46. The van der Waals surface area contributed by atoms with Crippen molar-refractivity contribution in [3.8, 4) is 0 Å². The molecule has 1 aromatic rings. The number of benzene rings is 1. The Kier molecular flexibility index (Phi) is 5.38. The molecule has 0 bridgehead atoms. The van der Waals surface area contributed by atoms with Crippen molar-refractivity contribution in [3.63, 3.8) is 0 Å². The molecule has 9 heteroatoms. The third-order valence-electron chi connectivity index (χ3n) is 3.75. The van der Waals surface area contributed by atoms with Gasteiger partial charge in [-0.2, -0.15) is 26.3 Å². The van der Waals surface area contributed by atoms with E-state index in [1.165, 1.54) is 12.1 Å². The number of nitrogens with zero attached hydrogens (tertiary/aromatic N) is 1. The van der Waals surface area contributed by atoms with E-state index in [0.717, 1.165) is 0 Å². The molecule has 1 N–H and O–H groups in total. The van der Waals surface area contributed by atoms with Crippen LogP contribution in [0.1, 0.15) is 31.4 Å². The van der Waals surface area contributed by atoms with Gasteiger partial charge in [0.05, 0.1) is 5.54 Å². The summed E-state index contributed by atoms with van der Waals surface area (Å²) < 4.78 is 77.4. The average molecular weight is 376 g/mol. The number of hydrogen-bond acceptors (Lipinski definition) is 2. The molecule has 0 radical (unpaired) electrons. The van der Waals surface area contributed by atoms with Crippen LogP contribution in [0, 0.1) is 0 Å². The summed E-state index contributed by atoms with van der Waals surface area (Å²) in [5.74, 6) is 0. The van der Waals surface area contributed by atoms with E-state index in [-0.39, 0.29) is 18.0 Å². The van der Waals surface area contributed by atoms with Gasteiger partial charge < -0.3 is 5.11 Å². The Balaban J connectivity index is 0.00000288. The maximum atomic E-state index is 12.9. The fraction of sp³-hybridized carbons (Fsp3) is 0.533. The van der Waals surface area contributed by atoms with Gasteiger partial charge in [0.1, 0.15) is 0 Å². The Morgan fingerprint density at radius 3 is 2.04 bits per heavy atom. The molecule has 2 rings (SSSR count). The predicted octanol–water partition coefficient (Wildman–Crippen LogP) is 4.48. The quantitative estimate of drug-likeness (QED) is 0.760. The average Bonchev–Trinajstić information content (AvgIpc) is 2.34. The summed E-state index contributed by atoms with van der Waals surface area (Å²) in [7, 11) is 0. The first-order valence-electron chi connectivity index (χ1n) is 6.80. The van der Waals surface area contributed by atoms with Crippen LogP contribution in [0.4, 0.5) is 26.3 Å². The molecule has 0 aromatic heterocycles. The third kappa shape index (κ3) is 3.69. The molecule has 2 nitrogen and oxygen atoms in total. The van der Waals surface area contributed by atoms with E-state index >= 15 is 0 Å². The summed E-state index contributed by atoms with van der Waals surface area (Å²) in [6.07, 6.45) is -13.0. The van der Waals surface area contributed by atoms with Gasteiger partial charge in [-0.3, -0.25) is 4.99 Å². The van der Waals surface area contributed by atoms with Crippen molar-refractivity contribution in [1.82, 2.24) is 0 Å². The van der Waals surface area contributed by atoms with Crippen LogP contribution in [-0.2, 0) is 6.42 Å². The second kappa shape index (κ2) is 6.22. The molecule has 136 valence electrons. The van der Waals surface area contributed by atoms with Crippen molar-refractivity contribution in [2.75, 3.05) is 0 Å². The van der Waals surface area contributed by atoms with Gasteiger partial charge in [0.2, 0.25) is 0 Å². The molecule has 1 aliphatic rings. The normalized spacial score (nSPS) is 17.6. The van der Waals surface area contributed by atoms with Crippen LogP contribution in [0.3, 0.4) is 0 Å². The second-order valence-electron chi connectivity index (χ2n) is 6.24. The molecule has 24 heavy (non-hydrogen) atoms. The smallest absolute Gasteiger partial charge is 0.373 e. The summed E-state index contributed by atoms with van der Waals surface area (Å²) in [5.41, 5.74) is -5.26. The first kappa shape index (κ1) is 20.8. The molecule has 1 aromatic carbocycles. The summed E-state index contributed by atoms with van der Waals surface area (Å²) in [5, 5.41) is 9.40. The van der Waals surface area contributed by atoms with Crippen LogP contribution in [0.15, 0.2) is 29.3 Å². The van der Waals surface area contributed by atoms with Gasteiger partial charge in [-0.1, -0.05) is 24.3 Å². The lowest BCUT2D eigenvalue weighted by Gasteiger charge is -2.35. The van der Waals surface area contributed by atoms with Gasteiger partial charge in [0.25, 0.3) is 5.60 Å². The van der Waals surface area contributed by atoms with Crippen molar-refractivity contribution in [2.24, 2.45) is 4.99 Å². The van der Waals surface area contributed by atoms with Gasteiger partial charge >= 0.3 is 12.4 Å². The number of aliphatic imine (C=N–C) groups is 1. The fourth-order valence-corrected chi connectivity index (χ4v) is 2.63. The van der Waals surface area contributed by atoms with Crippen LogP contribution >= 0.6 is 12.4 Å². The van der Waals surface area contributed by atoms with E-state index in [1.54, 1.807) is 26.0 Å². The van der Waals surface area contributed by atoms with Gasteiger partial charge in [-0.15, -0.1) is 12.4 Å². The number of aliphatic hydroxyl groups is 1. The Morgan fingerprint density at radius 2 is 1.54 bits per heavy atom. The number of alkyl halides is 6. The van der Waals surface area contributed by atoms with Gasteiger partial charge in [-0.05, 0) is 31.4 Å². The lowest BCUT2D eigenvalue weighted by molar-refractivity contribution is -0.365. The predicted molar refractivity (Wildman–Crippen MR) is 79.7 cm³/mol. The van der Waals surface area contributed by atoms with Crippen molar-refractivity contribution in [2.45, 2.75) is 50.2 Å². The van der Waals surface area contributed by atoms with Gasteiger partial charge in [0, 0.05) is 12.1 Å². The van der Waals surface area contributed by atoms with E-state index in [1.807, 2.05) is 0 Å². The summed E-state index contributed by atoms with van der Waals surface area (Å²) >= 11 is 0. The topological polar surface area (TPSA) is 32.6 Å². The van der Waals surface area contributed by atoms with E-state index in [2.05, 4.69) is 4.99 Å². The van der Waals surface area contributed by atoms with E-state index in [9.17, 15) is 31.4 Å². The maximum Gasteiger partial charge on any atom is 0.426 e. The Morgan fingerprint density at radius 1 is 1.04 bits per heavy atom. The number of hydrogen-bond donors (Lipinski definition) is 1. The summed E-state index contributed by atoms with van der Waals surface area (Å²) in [6.45, 7) is 3.23. The monoisotopic (exact) mass is 375 g/mol. The Bertz CT molecular complexity index is 622. The van der Waals surface area contributed by atoms with Crippen LogP contribution < -0.4 is 0 Å². The molecular formula is C15H16ClF6NO. The fourth-order valence-electron chi connectivity index (χ4n) is 2.63. The maximum absolute atomic E-state index is 12.9. The molecular weight excluding hydrogens is 360 g/mol. The zero-order chi connectivity index (χ0) is 17.7. The molecule has 0 spiro atoms. The Hall–Kier alpha value is -1.28. The largest absolute Gasteiger partial charge is 0.426 e. The van der Waals surface area contributed by atoms with Crippen LogP contribution in [-0.4, -0.2) is 34.3 Å². The Labute approximate surface area is 141 Å². The molecule has 0 atom stereocenters. The summed E-state index contributed by atoms with van der Waals surface area (Å²) in [6, 6.07) is 6.20. The first-order valence-corrected chi connectivity index (χ1v) is 6.80. The number of halogens is 7. The molecule has 0 fully saturated rings. The van der Waals surface area contributed by atoms with E-state index in [4.69, 9.17) is 0 Å². The minimum Gasteiger partial charge on any atom is -0.373 e. The summed E-state index contributed by atoms with van der Waals surface area (Å²) in [4.78, 5) is 4.02. The standard InChI is InChI=1S/C15H15F6NO.ClH/c1-12(2)7-9-5-3-4-6-10(9)11(22-12)8-13(23,14(16,17)18)15(19,20)21;/h3-6,23H,7-8H2,1-2H3;1H. The molecule has 0 unspecified atom stereocenters. The zero-order valence-corrected chi connectivity index (χ0v) is 13.6. The van der Waals surface area contributed by atoms with Crippen LogP contribution in [0.25, 0.3) is 0 Å².